The Morgan fingerprint density at radius 3 is 2.52 bits per heavy atom. The third-order valence-electron chi connectivity index (χ3n) is 4.73. The Balaban J connectivity index is 1.57. The van der Waals surface area contributed by atoms with Crippen LogP contribution in [0.15, 0.2) is 24.3 Å². The predicted molar refractivity (Wildman–Crippen MR) is 81.9 cm³/mol. The van der Waals surface area contributed by atoms with Crippen molar-refractivity contribution in [1.29, 1.82) is 0 Å². The summed E-state index contributed by atoms with van der Waals surface area (Å²) in [5, 5.41) is 15.3. The number of hydrogen-bond donors (Lipinski definition) is 3. The molecule has 2 fully saturated rings. The molecule has 114 valence electrons. The lowest BCUT2D eigenvalue weighted by Gasteiger charge is -2.20. The van der Waals surface area contributed by atoms with Crippen molar-refractivity contribution in [2.24, 2.45) is 11.3 Å². The maximum absolute atomic E-state index is 12.1. The van der Waals surface area contributed by atoms with E-state index in [1.807, 2.05) is 0 Å². The zero-order valence-corrected chi connectivity index (χ0v) is 12.6. The molecule has 2 saturated carbocycles. The number of benzene rings is 1. The molecule has 0 spiro atoms. The number of aliphatic hydroxyl groups excluding tert-OH is 1. The van der Waals surface area contributed by atoms with Gasteiger partial charge in [-0.3, -0.25) is 0 Å². The molecule has 1 unspecified atom stereocenters. The summed E-state index contributed by atoms with van der Waals surface area (Å²) >= 11 is 0. The zero-order valence-electron chi connectivity index (χ0n) is 12.6. The fraction of sp³-hybridized carbons (Fsp3) is 0.588. The van der Waals surface area contributed by atoms with Gasteiger partial charge in [-0.05, 0) is 44.1 Å². The molecule has 21 heavy (non-hydrogen) atoms. The van der Waals surface area contributed by atoms with E-state index in [2.05, 4.69) is 41.8 Å². The van der Waals surface area contributed by atoms with Crippen LogP contribution in [0.4, 0.5) is 4.79 Å². The molecule has 0 radical (unpaired) electrons. The van der Waals surface area contributed by atoms with Gasteiger partial charge in [-0.2, -0.15) is 0 Å². The van der Waals surface area contributed by atoms with Gasteiger partial charge in [0.1, 0.15) is 0 Å². The Kier molecular flexibility index (Phi) is 3.89. The molecule has 3 rings (SSSR count). The second-order valence-corrected chi connectivity index (χ2v) is 6.71. The van der Waals surface area contributed by atoms with Crippen molar-refractivity contribution >= 4 is 6.03 Å². The Labute approximate surface area is 125 Å². The lowest BCUT2D eigenvalue weighted by molar-refractivity contribution is 0.201. The Morgan fingerprint density at radius 1 is 1.33 bits per heavy atom. The summed E-state index contributed by atoms with van der Waals surface area (Å²) < 4.78 is 0. The highest BCUT2D eigenvalue weighted by molar-refractivity contribution is 5.74. The van der Waals surface area contributed by atoms with Crippen LogP contribution in [0.3, 0.4) is 0 Å². The van der Waals surface area contributed by atoms with Crippen LogP contribution >= 0.6 is 0 Å². The van der Waals surface area contributed by atoms with E-state index >= 15 is 0 Å². The molecule has 1 aromatic rings. The lowest BCUT2D eigenvalue weighted by Crippen LogP contribution is -2.41. The van der Waals surface area contributed by atoms with Crippen LogP contribution in [0.2, 0.25) is 0 Å². The first-order chi connectivity index (χ1) is 10.1. The number of rotatable bonds is 6. The summed E-state index contributed by atoms with van der Waals surface area (Å²) in [7, 11) is 0. The van der Waals surface area contributed by atoms with Crippen molar-refractivity contribution in [3.05, 3.63) is 35.4 Å². The van der Waals surface area contributed by atoms with E-state index < -0.39 is 0 Å². The Morgan fingerprint density at radius 2 is 2.00 bits per heavy atom. The summed E-state index contributed by atoms with van der Waals surface area (Å²) in [5.41, 5.74) is 2.37. The standard InChI is InChI=1S/C17H24N2O2/c1-12-2-4-13(5-3-12)15(14-6-7-14)19-16(21)18-10-17(11-20)8-9-17/h2-5,14-15,20H,6-11H2,1H3,(H2,18,19,21). The lowest BCUT2D eigenvalue weighted by atomic mass is 10.0. The van der Waals surface area contributed by atoms with E-state index in [-0.39, 0.29) is 24.1 Å². The molecule has 0 saturated heterocycles. The molecular formula is C17H24N2O2. The first-order valence-corrected chi connectivity index (χ1v) is 7.84. The molecule has 4 nitrogen and oxygen atoms in total. The van der Waals surface area contributed by atoms with E-state index in [0.29, 0.717) is 12.5 Å². The van der Waals surface area contributed by atoms with Crippen LogP contribution in [0.5, 0.6) is 0 Å². The maximum Gasteiger partial charge on any atom is 0.315 e. The number of amides is 2. The van der Waals surface area contributed by atoms with Crippen LogP contribution < -0.4 is 10.6 Å². The van der Waals surface area contributed by atoms with Gasteiger partial charge in [-0.1, -0.05) is 29.8 Å². The summed E-state index contributed by atoms with van der Waals surface area (Å²) in [6, 6.07) is 8.38. The minimum absolute atomic E-state index is 0.0454. The number of carbonyl (C=O) groups is 1. The predicted octanol–water partition coefficient (Wildman–Crippen LogP) is 2.52. The van der Waals surface area contributed by atoms with Crippen molar-refractivity contribution in [2.45, 2.75) is 38.6 Å². The van der Waals surface area contributed by atoms with Crippen LogP contribution in [-0.2, 0) is 0 Å². The van der Waals surface area contributed by atoms with Gasteiger partial charge in [0.05, 0.1) is 12.6 Å². The van der Waals surface area contributed by atoms with Crippen LogP contribution in [0.25, 0.3) is 0 Å². The van der Waals surface area contributed by atoms with Crippen molar-refractivity contribution in [3.63, 3.8) is 0 Å². The number of aliphatic hydroxyl groups is 1. The first kappa shape index (κ1) is 14.4. The summed E-state index contributed by atoms with van der Waals surface area (Å²) in [4.78, 5) is 12.1. The SMILES string of the molecule is Cc1ccc(C(NC(=O)NCC2(CO)CC2)C2CC2)cc1. The molecular weight excluding hydrogens is 264 g/mol. The molecule has 2 aliphatic rings. The topological polar surface area (TPSA) is 61.4 Å². The second-order valence-electron chi connectivity index (χ2n) is 6.71. The van der Waals surface area contributed by atoms with E-state index in [1.165, 1.54) is 24.0 Å². The monoisotopic (exact) mass is 288 g/mol. The number of carbonyl (C=O) groups excluding carboxylic acids is 1. The minimum atomic E-state index is -0.118. The van der Waals surface area contributed by atoms with Crippen molar-refractivity contribution in [3.8, 4) is 0 Å². The average molecular weight is 288 g/mol. The number of nitrogens with one attached hydrogen (secondary N) is 2. The highest BCUT2D eigenvalue weighted by atomic mass is 16.3. The van der Waals surface area contributed by atoms with Crippen molar-refractivity contribution < 1.29 is 9.90 Å². The van der Waals surface area contributed by atoms with Gasteiger partial charge in [0.25, 0.3) is 0 Å². The average Bonchev–Trinajstić information content (AvgIpc) is 3.39. The van der Waals surface area contributed by atoms with Gasteiger partial charge in [0, 0.05) is 12.0 Å². The van der Waals surface area contributed by atoms with Crippen LogP contribution in [0.1, 0.15) is 42.9 Å². The molecule has 3 N–H and O–H groups in total. The molecule has 2 amide bonds. The van der Waals surface area contributed by atoms with Crippen LogP contribution in [0, 0.1) is 18.3 Å². The molecule has 0 heterocycles. The molecule has 0 aromatic heterocycles. The highest BCUT2D eigenvalue weighted by Gasteiger charge is 2.42. The van der Waals surface area contributed by atoms with Crippen LogP contribution in [-0.4, -0.2) is 24.3 Å². The smallest absolute Gasteiger partial charge is 0.315 e. The number of aryl methyl sites for hydroxylation is 1. The van der Waals surface area contributed by atoms with Gasteiger partial charge in [0.15, 0.2) is 0 Å². The Bertz CT molecular complexity index is 504. The van der Waals surface area contributed by atoms with E-state index in [1.54, 1.807) is 0 Å². The summed E-state index contributed by atoms with van der Waals surface area (Å²) in [6.07, 6.45) is 4.38. The molecule has 1 aromatic carbocycles. The van der Waals surface area contributed by atoms with E-state index in [4.69, 9.17) is 0 Å². The minimum Gasteiger partial charge on any atom is -0.396 e. The Hall–Kier alpha value is -1.55. The normalized spacial score (nSPS) is 20.7. The molecule has 1 atom stereocenters. The van der Waals surface area contributed by atoms with Gasteiger partial charge in [0.2, 0.25) is 0 Å². The summed E-state index contributed by atoms with van der Waals surface area (Å²) in [5.74, 6) is 0.561. The maximum atomic E-state index is 12.1. The summed E-state index contributed by atoms with van der Waals surface area (Å²) in [6.45, 7) is 2.80. The molecule has 0 aliphatic heterocycles. The van der Waals surface area contributed by atoms with Crippen molar-refractivity contribution in [2.75, 3.05) is 13.2 Å². The molecule has 0 bridgehead atoms. The van der Waals surface area contributed by atoms with Gasteiger partial charge in [-0.15, -0.1) is 0 Å². The van der Waals surface area contributed by atoms with Gasteiger partial charge in [-0.25, -0.2) is 4.79 Å². The number of hydrogen-bond acceptors (Lipinski definition) is 2. The van der Waals surface area contributed by atoms with Gasteiger partial charge >= 0.3 is 6.03 Å². The highest BCUT2D eigenvalue weighted by Crippen LogP contribution is 2.44. The third-order valence-corrected chi connectivity index (χ3v) is 4.73. The van der Waals surface area contributed by atoms with E-state index in [0.717, 1.165) is 12.8 Å². The first-order valence-electron chi connectivity index (χ1n) is 7.84. The largest absolute Gasteiger partial charge is 0.396 e. The fourth-order valence-corrected chi connectivity index (χ4v) is 2.70. The zero-order chi connectivity index (χ0) is 14.9. The third kappa shape index (κ3) is 3.56. The fourth-order valence-electron chi connectivity index (χ4n) is 2.70. The quantitative estimate of drug-likeness (QED) is 0.753. The van der Waals surface area contributed by atoms with Gasteiger partial charge < -0.3 is 15.7 Å². The second kappa shape index (κ2) is 5.68. The van der Waals surface area contributed by atoms with Crippen molar-refractivity contribution in [1.82, 2.24) is 10.6 Å². The molecule has 4 heteroatoms. The molecule has 2 aliphatic carbocycles. The van der Waals surface area contributed by atoms with E-state index in [9.17, 15) is 9.90 Å². The number of urea groups is 1.